The van der Waals surface area contributed by atoms with Crippen molar-refractivity contribution in [1.82, 2.24) is 9.62 Å². The van der Waals surface area contributed by atoms with Gasteiger partial charge in [-0.25, -0.2) is 8.42 Å². The van der Waals surface area contributed by atoms with Crippen LogP contribution in [0.5, 0.6) is 0 Å². The average molecular weight is 331 g/mol. The van der Waals surface area contributed by atoms with Crippen LogP contribution in [0.3, 0.4) is 0 Å². The van der Waals surface area contributed by atoms with Crippen LogP contribution in [-0.2, 0) is 16.6 Å². The highest BCUT2D eigenvalue weighted by molar-refractivity contribution is 7.91. The molecule has 2 heterocycles. The summed E-state index contributed by atoms with van der Waals surface area (Å²) in [6.07, 6.45) is 5.47. The smallest absolute Gasteiger partial charge is 0.252 e. The molecule has 0 spiro atoms. The molecule has 0 bridgehead atoms. The van der Waals surface area contributed by atoms with Gasteiger partial charge in [-0.05, 0) is 25.0 Å². The van der Waals surface area contributed by atoms with Crippen LogP contribution in [0.15, 0.2) is 16.3 Å². The zero-order valence-corrected chi connectivity index (χ0v) is 14.6. The van der Waals surface area contributed by atoms with Crippen LogP contribution in [0.4, 0.5) is 0 Å². The SMILES string of the molecule is CC(C)NCc1ccc(S(=O)(=O)N2CCCCCCC2)s1. The Kier molecular flexibility index (Phi) is 6.22. The number of rotatable bonds is 5. The van der Waals surface area contributed by atoms with Crippen molar-refractivity contribution in [2.24, 2.45) is 0 Å². The van der Waals surface area contributed by atoms with E-state index < -0.39 is 10.0 Å². The number of hydrogen-bond donors (Lipinski definition) is 1. The zero-order chi connectivity index (χ0) is 15.3. The van der Waals surface area contributed by atoms with Crippen LogP contribution in [-0.4, -0.2) is 31.9 Å². The van der Waals surface area contributed by atoms with Crippen LogP contribution in [0, 0.1) is 0 Å². The van der Waals surface area contributed by atoms with Crippen LogP contribution in [0.2, 0.25) is 0 Å². The van der Waals surface area contributed by atoms with E-state index in [0.717, 1.165) is 37.1 Å². The van der Waals surface area contributed by atoms with Gasteiger partial charge in [0.2, 0.25) is 0 Å². The topological polar surface area (TPSA) is 49.4 Å². The first-order chi connectivity index (χ1) is 10.00. The fraction of sp³-hybridized carbons (Fsp3) is 0.733. The molecule has 0 amide bonds. The van der Waals surface area contributed by atoms with Crippen molar-refractivity contribution in [2.45, 2.75) is 62.7 Å². The van der Waals surface area contributed by atoms with Gasteiger partial charge in [-0.3, -0.25) is 0 Å². The van der Waals surface area contributed by atoms with Crippen LogP contribution >= 0.6 is 11.3 Å². The Morgan fingerprint density at radius 1 is 1.14 bits per heavy atom. The van der Waals surface area contributed by atoms with Gasteiger partial charge >= 0.3 is 0 Å². The van der Waals surface area contributed by atoms with Crippen molar-refractivity contribution in [3.05, 3.63) is 17.0 Å². The second-order valence-electron chi connectivity index (χ2n) is 5.93. The molecule has 1 aromatic heterocycles. The van der Waals surface area contributed by atoms with E-state index in [1.165, 1.54) is 17.8 Å². The maximum Gasteiger partial charge on any atom is 0.252 e. The maximum atomic E-state index is 12.7. The summed E-state index contributed by atoms with van der Waals surface area (Å²) in [5.74, 6) is 0. The summed E-state index contributed by atoms with van der Waals surface area (Å²) in [5, 5.41) is 3.33. The third kappa shape index (κ3) is 4.77. The second-order valence-corrected chi connectivity index (χ2v) is 9.26. The molecule has 21 heavy (non-hydrogen) atoms. The highest BCUT2D eigenvalue weighted by Crippen LogP contribution is 2.26. The first kappa shape index (κ1) is 16.9. The maximum absolute atomic E-state index is 12.7. The summed E-state index contributed by atoms with van der Waals surface area (Å²) in [7, 11) is -3.30. The molecule has 1 fully saturated rings. The average Bonchev–Trinajstić information content (AvgIpc) is 2.84. The van der Waals surface area contributed by atoms with Crippen molar-refractivity contribution >= 4 is 21.4 Å². The highest BCUT2D eigenvalue weighted by atomic mass is 32.2. The zero-order valence-electron chi connectivity index (χ0n) is 13.0. The van der Waals surface area contributed by atoms with Gasteiger partial charge in [-0.1, -0.05) is 33.1 Å². The van der Waals surface area contributed by atoms with E-state index in [0.29, 0.717) is 23.3 Å². The Morgan fingerprint density at radius 3 is 2.38 bits per heavy atom. The Morgan fingerprint density at radius 2 is 1.76 bits per heavy atom. The highest BCUT2D eigenvalue weighted by Gasteiger charge is 2.26. The molecule has 0 saturated carbocycles. The van der Waals surface area contributed by atoms with Gasteiger partial charge in [0.25, 0.3) is 10.0 Å². The molecule has 0 aliphatic carbocycles. The van der Waals surface area contributed by atoms with Gasteiger partial charge in [0, 0.05) is 30.6 Å². The Hall–Kier alpha value is -0.430. The molecule has 1 aliphatic rings. The molecular weight excluding hydrogens is 304 g/mol. The number of sulfonamides is 1. The van der Waals surface area contributed by atoms with Crippen molar-refractivity contribution in [2.75, 3.05) is 13.1 Å². The number of hydrogen-bond acceptors (Lipinski definition) is 4. The molecule has 4 nitrogen and oxygen atoms in total. The minimum absolute atomic E-state index is 0.404. The molecule has 1 aliphatic heterocycles. The van der Waals surface area contributed by atoms with Gasteiger partial charge in [-0.2, -0.15) is 4.31 Å². The van der Waals surface area contributed by atoms with Crippen molar-refractivity contribution in [3.8, 4) is 0 Å². The monoisotopic (exact) mass is 330 g/mol. The fourth-order valence-corrected chi connectivity index (χ4v) is 5.46. The van der Waals surface area contributed by atoms with Crippen molar-refractivity contribution in [1.29, 1.82) is 0 Å². The van der Waals surface area contributed by atoms with E-state index in [-0.39, 0.29) is 0 Å². The van der Waals surface area contributed by atoms with Crippen LogP contribution in [0.25, 0.3) is 0 Å². The number of nitrogens with zero attached hydrogens (tertiary/aromatic N) is 1. The van der Waals surface area contributed by atoms with Gasteiger partial charge in [0.15, 0.2) is 0 Å². The molecule has 0 aromatic carbocycles. The van der Waals surface area contributed by atoms with E-state index in [1.54, 1.807) is 10.4 Å². The summed E-state index contributed by atoms with van der Waals surface area (Å²) in [6.45, 7) is 6.24. The first-order valence-corrected chi connectivity index (χ1v) is 10.1. The summed E-state index contributed by atoms with van der Waals surface area (Å²) in [4.78, 5) is 1.08. The molecular formula is C15H26N2O2S2. The Balaban J connectivity index is 2.07. The summed E-state index contributed by atoms with van der Waals surface area (Å²) in [6, 6.07) is 4.09. The third-order valence-corrected chi connectivity index (χ3v) is 7.18. The lowest BCUT2D eigenvalue weighted by Crippen LogP contribution is -2.33. The van der Waals surface area contributed by atoms with Gasteiger partial charge in [-0.15, -0.1) is 11.3 Å². The molecule has 0 unspecified atom stereocenters. The fourth-order valence-electron chi connectivity index (χ4n) is 2.48. The summed E-state index contributed by atoms with van der Waals surface area (Å²) >= 11 is 1.40. The van der Waals surface area contributed by atoms with E-state index in [4.69, 9.17) is 0 Å². The number of thiophene rings is 1. The quantitative estimate of drug-likeness (QED) is 0.902. The normalized spacial score (nSPS) is 18.6. The molecule has 6 heteroatoms. The minimum atomic E-state index is -3.30. The molecule has 0 radical (unpaired) electrons. The van der Waals surface area contributed by atoms with Gasteiger partial charge < -0.3 is 5.32 Å². The second kappa shape index (κ2) is 7.72. The lowest BCUT2D eigenvalue weighted by molar-refractivity contribution is 0.365. The molecule has 2 rings (SSSR count). The predicted octanol–water partition coefficient (Wildman–Crippen LogP) is 3.20. The Labute approximate surface area is 132 Å². The summed E-state index contributed by atoms with van der Waals surface area (Å²) in [5.41, 5.74) is 0. The van der Waals surface area contributed by atoms with Crippen molar-refractivity contribution < 1.29 is 8.42 Å². The lowest BCUT2D eigenvalue weighted by atomic mass is 10.1. The Bertz CT molecular complexity index is 530. The molecule has 1 N–H and O–H groups in total. The van der Waals surface area contributed by atoms with Gasteiger partial charge in [0.1, 0.15) is 4.21 Å². The van der Waals surface area contributed by atoms with E-state index in [1.807, 2.05) is 6.07 Å². The van der Waals surface area contributed by atoms with Crippen molar-refractivity contribution in [3.63, 3.8) is 0 Å². The van der Waals surface area contributed by atoms with E-state index in [9.17, 15) is 8.42 Å². The standard InChI is InChI=1S/C15H26N2O2S2/c1-13(2)16-12-14-8-9-15(20-14)21(18,19)17-10-6-4-3-5-7-11-17/h8-9,13,16H,3-7,10-12H2,1-2H3. The molecule has 1 aromatic rings. The van der Waals surface area contributed by atoms with Crippen LogP contribution < -0.4 is 5.32 Å². The van der Waals surface area contributed by atoms with Crippen LogP contribution in [0.1, 0.15) is 50.8 Å². The summed E-state index contributed by atoms with van der Waals surface area (Å²) < 4.78 is 27.6. The van der Waals surface area contributed by atoms with Gasteiger partial charge in [0.05, 0.1) is 0 Å². The lowest BCUT2D eigenvalue weighted by Gasteiger charge is -2.23. The van der Waals surface area contributed by atoms with E-state index in [2.05, 4.69) is 19.2 Å². The largest absolute Gasteiger partial charge is 0.310 e. The predicted molar refractivity (Wildman–Crippen MR) is 88.1 cm³/mol. The first-order valence-electron chi connectivity index (χ1n) is 7.82. The molecule has 120 valence electrons. The van der Waals surface area contributed by atoms with E-state index >= 15 is 0 Å². The minimum Gasteiger partial charge on any atom is -0.310 e. The molecule has 0 atom stereocenters. The number of nitrogens with one attached hydrogen (secondary N) is 1. The third-order valence-electron chi connectivity index (χ3n) is 3.73. The molecule has 1 saturated heterocycles.